The first-order valence-corrected chi connectivity index (χ1v) is 5.28. The van der Waals surface area contributed by atoms with Gasteiger partial charge in [-0.1, -0.05) is 0 Å². The Morgan fingerprint density at radius 3 is 3.00 bits per heavy atom. The highest BCUT2D eigenvalue weighted by Crippen LogP contribution is 2.12. The zero-order chi connectivity index (χ0) is 10.7. The molecule has 0 atom stereocenters. The third-order valence-electron chi connectivity index (χ3n) is 1.88. The van der Waals surface area contributed by atoms with Gasteiger partial charge in [0, 0.05) is 29.9 Å². The monoisotopic (exact) mass is 219 g/mol. The van der Waals surface area contributed by atoms with Crippen molar-refractivity contribution in [2.24, 2.45) is 5.73 Å². The predicted molar refractivity (Wildman–Crippen MR) is 57.7 cm³/mol. The summed E-state index contributed by atoms with van der Waals surface area (Å²) in [6.45, 7) is 0.366. The Bertz CT molecular complexity index is 467. The Hall–Kier alpha value is -1.59. The van der Waals surface area contributed by atoms with Gasteiger partial charge >= 0.3 is 0 Å². The minimum atomic E-state index is -0.112. The number of hydrogen-bond donors (Lipinski definition) is 1. The molecular formula is C10H9N3OS. The van der Waals surface area contributed by atoms with Crippen LogP contribution < -0.4 is 5.73 Å². The van der Waals surface area contributed by atoms with Crippen molar-refractivity contribution >= 4 is 17.1 Å². The van der Waals surface area contributed by atoms with E-state index in [1.807, 2.05) is 0 Å². The van der Waals surface area contributed by atoms with E-state index in [0.29, 0.717) is 17.8 Å². The maximum atomic E-state index is 11.8. The van der Waals surface area contributed by atoms with Crippen LogP contribution in [0.5, 0.6) is 0 Å². The van der Waals surface area contributed by atoms with E-state index >= 15 is 0 Å². The number of aromatic nitrogens is 2. The van der Waals surface area contributed by atoms with Crippen molar-refractivity contribution in [3.8, 4) is 0 Å². The molecule has 0 amide bonds. The summed E-state index contributed by atoms with van der Waals surface area (Å²) in [5, 5.41) is 2.49. The highest BCUT2D eigenvalue weighted by Gasteiger charge is 2.12. The minimum absolute atomic E-state index is 0.112. The fourth-order valence-corrected chi connectivity index (χ4v) is 1.81. The minimum Gasteiger partial charge on any atom is -0.325 e. The number of ketones is 1. The summed E-state index contributed by atoms with van der Waals surface area (Å²) < 4.78 is 0. The number of nitrogens with zero attached hydrogens (tertiary/aromatic N) is 2. The number of rotatable bonds is 3. The van der Waals surface area contributed by atoms with Crippen LogP contribution in [0.1, 0.15) is 21.1 Å². The zero-order valence-electron chi connectivity index (χ0n) is 7.88. The Kier molecular flexibility index (Phi) is 2.84. The van der Waals surface area contributed by atoms with E-state index in [2.05, 4.69) is 9.97 Å². The molecule has 4 nitrogen and oxygen atoms in total. The standard InChI is InChI=1S/C10H9N3OS/c11-4-9-13-8(6-15-9)10(14)7-2-1-3-12-5-7/h1-3,5-6H,4,11H2. The van der Waals surface area contributed by atoms with Crippen molar-refractivity contribution in [1.29, 1.82) is 0 Å². The summed E-state index contributed by atoms with van der Waals surface area (Å²) in [5.74, 6) is -0.112. The van der Waals surface area contributed by atoms with E-state index in [4.69, 9.17) is 5.73 Å². The summed E-state index contributed by atoms with van der Waals surface area (Å²) >= 11 is 1.40. The number of nitrogens with two attached hydrogens (primary N) is 1. The zero-order valence-corrected chi connectivity index (χ0v) is 8.70. The van der Waals surface area contributed by atoms with E-state index in [1.54, 1.807) is 23.7 Å². The molecule has 0 fully saturated rings. The van der Waals surface area contributed by atoms with Crippen LogP contribution in [0.3, 0.4) is 0 Å². The van der Waals surface area contributed by atoms with E-state index < -0.39 is 0 Å². The summed E-state index contributed by atoms with van der Waals surface area (Å²) in [5.41, 5.74) is 6.41. The van der Waals surface area contributed by atoms with E-state index in [1.165, 1.54) is 17.5 Å². The van der Waals surface area contributed by atoms with Crippen LogP contribution >= 0.6 is 11.3 Å². The van der Waals surface area contributed by atoms with Crippen molar-refractivity contribution in [2.75, 3.05) is 0 Å². The summed E-state index contributed by atoms with van der Waals surface area (Å²) in [7, 11) is 0. The molecule has 0 aliphatic carbocycles. The first-order valence-electron chi connectivity index (χ1n) is 4.40. The lowest BCUT2D eigenvalue weighted by Gasteiger charge is -1.94. The van der Waals surface area contributed by atoms with Gasteiger partial charge < -0.3 is 5.73 Å². The average molecular weight is 219 g/mol. The van der Waals surface area contributed by atoms with Gasteiger partial charge in [0.15, 0.2) is 0 Å². The van der Waals surface area contributed by atoms with E-state index in [0.717, 1.165) is 5.01 Å². The molecule has 5 heteroatoms. The highest BCUT2D eigenvalue weighted by atomic mass is 32.1. The van der Waals surface area contributed by atoms with Crippen LogP contribution in [-0.2, 0) is 6.54 Å². The molecule has 0 saturated heterocycles. The van der Waals surface area contributed by atoms with Crippen LogP contribution in [0.4, 0.5) is 0 Å². The largest absolute Gasteiger partial charge is 0.325 e. The maximum absolute atomic E-state index is 11.8. The molecule has 2 N–H and O–H groups in total. The van der Waals surface area contributed by atoms with E-state index in [9.17, 15) is 4.79 Å². The van der Waals surface area contributed by atoms with E-state index in [-0.39, 0.29) is 5.78 Å². The van der Waals surface area contributed by atoms with Crippen LogP contribution in [0.15, 0.2) is 29.9 Å². The molecule has 0 saturated carbocycles. The molecule has 2 heterocycles. The van der Waals surface area contributed by atoms with Gasteiger partial charge in [-0.3, -0.25) is 9.78 Å². The molecule has 0 aliphatic rings. The highest BCUT2D eigenvalue weighted by molar-refractivity contribution is 7.09. The van der Waals surface area contributed by atoms with Gasteiger partial charge in [-0.15, -0.1) is 11.3 Å². The summed E-state index contributed by atoms with van der Waals surface area (Å²) in [6, 6.07) is 3.44. The fourth-order valence-electron chi connectivity index (χ4n) is 1.15. The molecule has 15 heavy (non-hydrogen) atoms. The first-order chi connectivity index (χ1) is 7.31. The molecule has 2 aromatic heterocycles. The second kappa shape index (κ2) is 4.29. The fraction of sp³-hybridized carbons (Fsp3) is 0.100. The van der Waals surface area contributed by atoms with Crippen molar-refractivity contribution in [3.63, 3.8) is 0 Å². The van der Waals surface area contributed by atoms with Crippen LogP contribution in [0, 0.1) is 0 Å². The van der Waals surface area contributed by atoms with Crippen molar-refractivity contribution in [1.82, 2.24) is 9.97 Å². The molecular weight excluding hydrogens is 210 g/mol. The molecule has 0 bridgehead atoms. The quantitative estimate of drug-likeness (QED) is 0.788. The van der Waals surface area contributed by atoms with Gasteiger partial charge in [0.1, 0.15) is 10.7 Å². The molecule has 0 aromatic carbocycles. The Morgan fingerprint density at radius 1 is 1.53 bits per heavy atom. The predicted octanol–water partition coefficient (Wildman–Crippen LogP) is 1.23. The normalized spacial score (nSPS) is 10.2. The molecule has 0 aliphatic heterocycles. The van der Waals surface area contributed by atoms with Gasteiger partial charge in [-0.2, -0.15) is 0 Å². The van der Waals surface area contributed by atoms with Crippen molar-refractivity contribution in [2.45, 2.75) is 6.54 Å². The van der Waals surface area contributed by atoms with Crippen molar-refractivity contribution in [3.05, 3.63) is 46.2 Å². The second-order valence-corrected chi connectivity index (χ2v) is 3.84. The van der Waals surface area contributed by atoms with Gasteiger partial charge in [-0.25, -0.2) is 4.98 Å². The molecule has 2 rings (SSSR count). The van der Waals surface area contributed by atoms with Crippen LogP contribution in [-0.4, -0.2) is 15.8 Å². The number of thiazole rings is 1. The third kappa shape index (κ3) is 2.08. The summed E-state index contributed by atoms with van der Waals surface area (Å²) in [4.78, 5) is 19.8. The van der Waals surface area contributed by atoms with Gasteiger partial charge in [0.2, 0.25) is 5.78 Å². The number of hydrogen-bond acceptors (Lipinski definition) is 5. The SMILES string of the molecule is NCc1nc(C(=O)c2cccnc2)cs1. The van der Waals surface area contributed by atoms with Crippen LogP contribution in [0.25, 0.3) is 0 Å². The Balaban J connectivity index is 2.29. The summed E-state index contributed by atoms with van der Waals surface area (Å²) in [6.07, 6.45) is 3.16. The molecule has 0 unspecified atom stereocenters. The lowest BCUT2D eigenvalue weighted by molar-refractivity contribution is 0.103. The topological polar surface area (TPSA) is 68.9 Å². The van der Waals surface area contributed by atoms with Crippen LogP contribution in [0.2, 0.25) is 0 Å². The van der Waals surface area contributed by atoms with Crippen molar-refractivity contribution < 1.29 is 4.79 Å². The maximum Gasteiger partial charge on any atom is 0.213 e. The van der Waals surface area contributed by atoms with Gasteiger partial charge in [0.25, 0.3) is 0 Å². The van der Waals surface area contributed by atoms with Gasteiger partial charge in [-0.05, 0) is 12.1 Å². The molecule has 76 valence electrons. The molecule has 2 aromatic rings. The smallest absolute Gasteiger partial charge is 0.213 e. The average Bonchev–Trinajstić information content (AvgIpc) is 2.78. The lowest BCUT2D eigenvalue weighted by atomic mass is 10.1. The number of carbonyl (C=O) groups is 1. The first kappa shape index (κ1) is 9.95. The third-order valence-corrected chi connectivity index (χ3v) is 2.75. The molecule has 0 spiro atoms. The Labute approximate surface area is 90.8 Å². The second-order valence-electron chi connectivity index (χ2n) is 2.90. The molecule has 0 radical (unpaired) electrons. The lowest BCUT2D eigenvalue weighted by Crippen LogP contribution is -2.03. The Morgan fingerprint density at radius 2 is 2.40 bits per heavy atom. The van der Waals surface area contributed by atoms with Gasteiger partial charge in [0.05, 0.1) is 0 Å². The number of carbonyl (C=O) groups excluding carboxylic acids is 1. The number of pyridine rings is 1.